The largest absolute Gasteiger partial charge is 0.497 e. The van der Waals surface area contributed by atoms with Crippen molar-refractivity contribution in [1.82, 2.24) is 4.57 Å². The first-order valence-electron chi connectivity index (χ1n) is 6.14. The Hall–Kier alpha value is -1.74. The number of rotatable bonds is 3. The smallest absolute Gasteiger partial charge is 0.119 e. The Labute approximate surface area is 120 Å². The van der Waals surface area contributed by atoms with Gasteiger partial charge in [-0.05, 0) is 35.9 Å². The summed E-state index contributed by atoms with van der Waals surface area (Å²) in [6.45, 7) is 0.858. The quantitative estimate of drug-likeness (QED) is 0.696. The van der Waals surface area contributed by atoms with Crippen LogP contribution in [0.15, 0.2) is 59.2 Å². The van der Waals surface area contributed by atoms with E-state index in [4.69, 9.17) is 4.74 Å². The highest BCUT2D eigenvalue weighted by Crippen LogP contribution is 2.24. The predicted molar refractivity (Wildman–Crippen MR) is 81.7 cm³/mol. The Morgan fingerprint density at radius 3 is 2.74 bits per heavy atom. The lowest BCUT2D eigenvalue weighted by molar-refractivity contribution is 0.415. The van der Waals surface area contributed by atoms with Crippen molar-refractivity contribution in [3.63, 3.8) is 0 Å². The number of halogens is 1. The van der Waals surface area contributed by atoms with Gasteiger partial charge in [0.25, 0.3) is 0 Å². The van der Waals surface area contributed by atoms with Crippen molar-refractivity contribution in [3.8, 4) is 5.75 Å². The molecular weight excluding hydrogens is 302 g/mol. The van der Waals surface area contributed by atoms with Crippen LogP contribution in [-0.2, 0) is 6.54 Å². The number of ether oxygens (including phenoxy) is 1. The van der Waals surface area contributed by atoms with Gasteiger partial charge in [0, 0.05) is 28.1 Å². The van der Waals surface area contributed by atoms with E-state index >= 15 is 0 Å². The Morgan fingerprint density at radius 2 is 1.95 bits per heavy atom. The lowest BCUT2D eigenvalue weighted by Crippen LogP contribution is -1.98. The molecule has 3 rings (SSSR count). The average Bonchev–Trinajstić information content (AvgIpc) is 2.83. The van der Waals surface area contributed by atoms with Gasteiger partial charge in [-0.1, -0.05) is 34.1 Å². The summed E-state index contributed by atoms with van der Waals surface area (Å²) in [5, 5.41) is 1.20. The average molecular weight is 316 g/mol. The van der Waals surface area contributed by atoms with Crippen LogP contribution in [0, 0.1) is 0 Å². The second-order valence-corrected chi connectivity index (χ2v) is 5.31. The Balaban J connectivity index is 2.00. The topological polar surface area (TPSA) is 14.2 Å². The maximum Gasteiger partial charge on any atom is 0.119 e. The molecule has 0 fully saturated rings. The molecule has 0 bridgehead atoms. The summed E-state index contributed by atoms with van der Waals surface area (Å²) in [6.07, 6.45) is 2.11. The van der Waals surface area contributed by atoms with Crippen molar-refractivity contribution in [2.45, 2.75) is 6.54 Å². The summed E-state index contributed by atoms with van der Waals surface area (Å²) >= 11 is 3.60. The Morgan fingerprint density at radius 1 is 1.11 bits per heavy atom. The molecule has 0 spiro atoms. The van der Waals surface area contributed by atoms with E-state index < -0.39 is 0 Å². The first kappa shape index (κ1) is 12.3. The van der Waals surface area contributed by atoms with Gasteiger partial charge in [-0.2, -0.15) is 0 Å². The third kappa shape index (κ3) is 2.38. The minimum absolute atomic E-state index is 0.858. The lowest BCUT2D eigenvalue weighted by atomic mass is 10.2. The zero-order chi connectivity index (χ0) is 13.2. The van der Waals surface area contributed by atoms with Crippen LogP contribution >= 0.6 is 15.9 Å². The Bertz CT molecular complexity index is 718. The fraction of sp³-hybridized carbons (Fsp3) is 0.125. The number of hydrogen-bond donors (Lipinski definition) is 0. The molecule has 0 saturated heterocycles. The fourth-order valence-electron chi connectivity index (χ4n) is 2.25. The second-order valence-electron chi connectivity index (χ2n) is 4.46. The van der Waals surface area contributed by atoms with Crippen LogP contribution < -0.4 is 4.74 Å². The van der Waals surface area contributed by atoms with Gasteiger partial charge < -0.3 is 9.30 Å². The zero-order valence-corrected chi connectivity index (χ0v) is 12.2. The van der Waals surface area contributed by atoms with E-state index in [2.05, 4.69) is 63.1 Å². The van der Waals surface area contributed by atoms with Crippen LogP contribution in [0.1, 0.15) is 5.56 Å². The Kier molecular flexibility index (Phi) is 3.30. The SMILES string of the molecule is COc1ccc2c(ccn2Cc2ccccc2Br)c1. The van der Waals surface area contributed by atoms with Gasteiger partial charge in [0.05, 0.1) is 7.11 Å². The highest BCUT2D eigenvalue weighted by Gasteiger charge is 2.05. The van der Waals surface area contributed by atoms with Gasteiger partial charge >= 0.3 is 0 Å². The third-order valence-electron chi connectivity index (χ3n) is 3.28. The van der Waals surface area contributed by atoms with E-state index in [1.807, 2.05) is 12.1 Å². The fourth-order valence-corrected chi connectivity index (χ4v) is 2.66. The highest BCUT2D eigenvalue weighted by atomic mass is 79.9. The summed E-state index contributed by atoms with van der Waals surface area (Å²) in [5.41, 5.74) is 2.49. The van der Waals surface area contributed by atoms with E-state index in [1.165, 1.54) is 16.5 Å². The standard InChI is InChI=1S/C16H14BrNO/c1-19-14-6-7-16-12(10-14)8-9-18(16)11-13-4-2-3-5-15(13)17/h2-10H,11H2,1H3. The molecule has 1 aromatic heterocycles. The van der Waals surface area contributed by atoms with Crippen molar-refractivity contribution in [2.24, 2.45) is 0 Å². The molecule has 2 nitrogen and oxygen atoms in total. The molecule has 2 aromatic carbocycles. The maximum absolute atomic E-state index is 5.25. The van der Waals surface area contributed by atoms with Crippen molar-refractivity contribution in [1.29, 1.82) is 0 Å². The van der Waals surface area contributed by atoms with Gasteiger partial charge in [0.15, 0.2) is 0 Å². The first-order valence-corrected chi connectivity index (χ1v) is 6.93. The normalized spacial score (nSPS) is 10.8. The molecule has 3 heteroatoms. The molecule has 0 saturated carbocycles. The highest BCUT2D eigenvalue weighted by molar-refractivity contribution is 9.10. The van der Waals surface area contributed by atoms with Crippen LogP contribution in [0.2, 0.25) is 0 Å². The van der Waals surface area contributed by atoms with Crippen LogP contribution in [0.5, 0.6) is 5.75 Å². The molecule has 0 unspecified atom stereocenters. The molecule has 19 heavy (non-hydrogen) atoms. The van der Waals surface area contributed by atoms with Gasteiger partial charge in [-0.25, -0.2) is 0 Å². The van der Waals surface area contributed by atoms with E-state index in [9.17, 15) is 0 Å². The molecule has 0 aliphatic rings. The van der Waals surface area contributed by atoms with Crippen LogP contribution in [0.4, 0.5) is 0 Å². The number of benzene rings is 2. The first-order chi connectivity index (χ1) is 9.28. The molecule has 0 aliphatic carbocycles. The van der Waals surface area contributed by atoms with Gasteiger partial charge in [-0.3, -0.25) is 0 Å². The molecule has 0 N–H and O–H groups in total. The van der Waals surface area contributed by atoms with Crippen molar-refractivity contribution in [2.75, 3.05) is 7.11 Å². The van der Waals surface area contributed by atoms with Gasteiger partial charge in [-0.15, -0.1) is 0 Å². The van der Waals surface area contributed by atoms with E-state index in [1.54, 1.807) is 7.11 Å². The van der Waals surface area contributed by atoms with Gasteiger partial charge in [0.2, 0.25) is 0 Å². The number of methoxy groups -OCH3 is 1. The lowest BCUT2D eigenvalue weighted by Gasteiger charge is -2.08. The zero-order valence-electron chi connectivity index (χ0n) is 10.6. The summed E-state index contributed by atoms with van der Waals surface area (Å²) < 4.78 is 8.64. The molecule has 0 radical (unpaired) electrons. The summed E-state index contributed by atoms with van der Waals surface area (Å²) in [7, 11) is 1.69. The number of fused-ring (bicyclic) bond motifs is 1. The van der Waals surface area contributed by atoms with E-state index in [0.717, 1.165) is 16.8 Å². The molecule has 0 amide bonds. The molecule has 96 valence electrons. The summed E-state index contributed by atoms with van der Waals surface area (Å²) in [4.78, 5) is 0. The van der Waals surface area contributed by atoms with Crippen molar-refractivity contribution < 1.29 is 4.74 Å². The summed E-state index contributed by atoms with van der Waals surface area (Å²) in [6, 6.07) is 16.6. The molecule has 0 aliphatic heterocycles. The third-order valence-corrected chi connectivity index (χ3v) is 4.05. The second kappa shape index (κ2) is 5.10. The molecule has 1 heterocycles. The minimum atomic E-state index is 0.858. The van der Waals surface area contributed by atoms with E-state index in [-0.39, 0.29) is 0 Å². The molecule has 3 aromatic rings. The summed E-state index contributed by atoms with van der Waals surface area (Å²) in [5.74, 6) is 0.895. The van der Waals surface area contributed by atoms with Crippen LogP contribution in [-0.4, -0.2) is 11.7 Å². The molecular formula is C16H14BrNO. The van der Waals surface area contributed by atoms with Crippen LogP contribution in [0.3, 0.4) is 0 Å². The maximum atomic E-state index is 5.25. The van der Waals surface area contributed by atoms with Gasteiger partial charge in [0.1, 0.15) is 5.75 Å². The predicted octanol–water partition coefficient (Wildman–Crippen LogP) is 4.46. The van der Waals surface area contributed by atoms with Crippen LogP contribution in [0.25, 0.3) is 10.9 Å². The number of aromatic nitrogens is 1. The van der Waals surface area contributed by atoms with E-state index in [0.29, 0.717) is 0 Å². The van der Waals surface area contributed by atoms with Crippen molar-refractivity contribution in [3.05, 3.63) is 64.8 Å². The monoisotopic (exact) mass is 315 g/mol. The number of nitrogens with zero attached hydrogens (tertiary/aromatic N) is 1. The van der Waals surface area contributed by atoms with Crippen molar-refractivity contribution >= 4 is 26.8 Å². The molecule has 0 atom stereocenters. The minimum Gasteiger partial charge on any atom is -0.497 e. The number of hydrogen-bond acceptors (Lipinski definition) is 1.